The highest BCUT2D eigenvalue weighted by atomic mass is 32.1. The molecule has 3 rings (SSSR count). The van der Waals surface area contributed by atoms with Crippen LogP contribution in [0.4, 0.5) is 9.59 Å². The number of hydrogen-bond donors (Lipinski definition) is 4. The number of carbonyl (C=O) groups excluding carboxylic acids is 3. The number of hydroxylamine groups is 1. The number of nitrogens with one attached hydrogen (secondary N) is 3. The minimum absolute atomic E-state index is 0.231. The Balaban J connectivity index is 1.79. The Morgan fingerprint density at radius 2 is 1.61 bits per heavy atom. The molecule has 4 N–H and O–H groups in total. The monoisotopic (exact) mass is 727 g/mol. The third kappa shape index (κ3) is 13.1. The molecule has 5 amide bonds. The predicted octanol–water partition coefficient (Wildman–Crippen LogP) is 5.88. The SMILES string of the molecule is CCOC(OCC)[C@H](C)N(Cc1csc2ccccc12)C(=O)[C@H](CCCCN(C(=O)O)C(C)(C)C)NC(=O)CONC(=O)NCc1ccccc1. The number of thiophene rings is 1. The van der Waals surface area contributed by atoms with Crippen LogP contribution in [-0.4, -0.2) is 89.1 Å². The van der Waals surface area contributed by atoms with Gasteiger partial charge in [0.2, 0.25) is 11.8 Å². The fourth-order valence-electron chi connectivity index (χ4n) is 5.57. The number of rotatable bonds is 20. The number of nitrogens with zero attached hydrogens (tertiary/aromatic N) is 2. The fourth-order valence-corrected chi connectivity index (χ4v) is 6.53. The molecule has 0 fully saturated rings. The van der Waals surface area contributed by atoms with Gasteiger partial charge >= 0.3 is 12.1 Å². The van der Waals surface area contributed by atoms with E-state index in [2.05, 4.69) is 16.1 Å². The van der Waals surface area contributed by atoms with Crippen molar-refractivity contribution in [2.45, 2.75) is 97.8 Å². The molecule has 0 unspecified atom stereocenters. The van der Waals surface area contributed by atoms with Crippen molar-refractivity contribution in [1.82, 2.24) is 25.9 Å². The van der Waals surface area contributed by atoms with Crippen LogP contribution in [0.1, 0.15) is 71.9 Å². The molecule has 14 heteroatoms. The van der Waals surface area contributed by atoms with Crippen molar-refractivity contribution in [3.8, 4) is 0 Å². The van der Waals surface area contributed by atoms with Crippen LogP contribution in [-0.2, 0) is 37.0 Å². The summed E-state index contributed by atoms with van der Waals surface area (Å²) in [4.78, 5) is 60.1. The number of hydrogen-bond acceptors (Lipinski definition) is 8. The van der Waals surface area contributed by atoms with Crippen molar-refractivity contribution in [1.29, 1.82) is 0 Å². The van der Waals surface area contributed by atoms with Gasteiger partial charge in [0.25, 0.3) is 0 Å². The van der Waals surface area contributed by atoms with E-state index in [1.807, 2.05) is 102 Å². The lowest BCUT2D eigenvalue weighted by molar-refractivity contribution is -0.180. The molecule has 0 radical (unpaired) electrons. The zero-order valence-electron chi connectivity index (χ0n) is 30.5. The molecule has 13 nitrogen and oxygen atoms in total. The molecular weight excluding hydrogens is 675 g/mol. The summed E-state index contributed by atoms with van der Waals surface area (Å²) < 4.78 is 12.9. The van der Waals surface area contributed by atoms with Crippen LogP contribution < -0.4 is 16.1 Å². The van der Waals surface area contributed by atoms with E-state index in [1.54, 1.807) is 16.2 Å². The highest BCUT2D eigenvalue weighted by Crippen LogP contribution is 2.28. The van der Waals surface area contributed by atoms with Crippen LogP contribution in [0.5, 0.6) is 0 Å². The first kappa shape index (κ1) is 41.2. The first-order valence-corrected chi connectivity index (χ1v) is 18.2. The summed E-state index contributed by atoms with van der Waals surface area (Å²) in [5.41, 5.74) is 3.45. The molecule has 1 heterocycles. The molecule has 0 spiro atoms. The average Bonchev–Trinajstić information content (AvgIpc) is 3.50. The van der Waals surface area contributed by atoms with Crippen LogP contribution in [0.3, 0.4) is 0 Å². The van der Waals surface area contributed by atoms with Gasteiger partial charge in [-0.3, -0.25) is 14.4 Å². The molecule has 3 aromatic rings. The second-order valence-electron chi connectivity index (χ2n) is 13.0. The number of carbonyl (C=O) groups is 4. The number of fused-ring (bicyclic) bond motifs is 1. The Morgan fingerprint density at radius 1 is 0.941 bits per heavy atom. The third-order valence-electron chi connectivity index (χ3n) is 8.19. The summed E-state index contributed by atoms with van der Waals surface area (Å²) in [7, 11) is 0. The Bertz CT molecular complexity index is 1540. The molecule has 0 bridgehead atoms. The van der Waals surface area contributed by atoms with Crippen LogP contribution in [0, 0.1) is 0 Å². The zero-order valence-corrected chi connectivity index (χ0v) is 31.3. The number of unbranched alkanes of at least 4 members (excludes halogenated alkanes) is 1. The second-order valence-corrected chi connectivity index (χ2v) is 13.9. The maximum Gasteiger partial charge on any atom is 0.407 e. The van der Waals surface area contributed by atoms with Crippen LogP contribution in [0.25, 0.3) is 10.1 Å². The van der Waals surface area contributed by atoms with Gasteiger partial charge in [0.05, 0.1) is 6.04 Å². The van der Waals surface area contributed by atoms with Crippen molar-refractivity contribution in [2.75, 3.05) is 26.4 Å². The molecular formula is C37H53N5O8S. The maximum absolute atomic E-state index is 14.6. The summed E-state index contributed by atoms with van der Waals surface area (Å²) in [5, 5.41) is 18.3. The van der Waals surface area contributed by atoms with E-state index in [9.17, 15) is 24.3 Å². The highest BCUT2D eigenvalue weighted by molar-refractivity contribution is 7.17. The number of ether oxygens (including phenoxy) is 2. The van der Waals surface area contributed by atoms with Gasteiger partial charge in [-0.1, -0.05) is 48.5 Å². The Morgan fingerprint density at radius 3 is 2.25 bits per heavy atom. The standard InChI is InChI=1S/C37H53N5O8S/c1-7-48-34(49-8-2)26(3)41(23-28-25-51-31-20-13-12-18-29(28)31)33(44)30(19-14-15-21-42(36(46)47)37(4,5)6)39-32(43)24-50-40-35(45)38-22-27-16-10-9-11-17-27/h9-13,16-18,20,25-26,30,34H,7-8,14-15,19,21-24H2,1-6H3,(H,39,43)(H,46,47)(H2,38,40,45)/t26-,30-/m0/s1. The normalized spacial score (nSPS) is 12.7. The molecule has 1 aromatic heterocycles. The molecule has 51 heavy (non-hydrogen) atoms. The maximum atomic E-state index is 14.6. The van der Waals surface area contributed by atoms with Crippen molar-refractivity contribution in [3.63, 3.8) is 0 Å². The van der Waals surface area contributed by atoms with Gasteiger partial charge in [-0.15, -0.1) is 11.3 Å². The van der Waals surface area contributed by atoms with E-state index in [1.165, 1.54) is 4.90 Å². The summed E-state index contributed by atoms with van der Waals surface area (Å²) in [6, 6.07) is 15.1. The van der Waals surface area contributed by atoms with Gasteiger partial charge in [0, 0.05) is 43.1 Å². The first-order chi connectivity index (χ1) is 24.3. The number of amides is 5. The minimum atomic E-state index is -1.03. The third-order valence-corrected chi connectivity index (χ3v) is 9.21. The summed E-state index contributed by atoms with van der Waals surface area (Å²) in [6.45, 7) is 12.0. The molecule has 0 aliphatic heterocycles. The van der Waals surface area contributed by atoms with Crippen molar-refractivity contribution < 1.29 is 38.6 Å². The van der Waals surface area contributed by atoms with Crippen LogP contribution in [0.15, 0.2) is 60.0 Å². The van der Waals surface area contributed by atoms with Crippen molar-refractivity contribution >= 4 is 45.4 Å². The first-order valence-electron chi connectivity index (χ1n) is 17.3. The van der Waals surface area contributed by atoms with Crippen molar-refractivity contribution in [3.05, 3.63) is 71.1 Å². The molecule has 0 saturated heterocycles. The molecule has 0 aliphatic rings. The van der Waals surface area contributed by atoms with E-state index in [0.717, 1.165) is 21.2 Å². The lowest BCUT2D eigenvalue weighted by Crippen LogP contribution is -2.55. The number of benzene rings is 2. The highest BCUT2D eigenvalue weighted by Gasteiger charge is 2.34. The predicted molar refractivity (Wildman–Crippen MR) is 197 cm³/mol. The van der Waals surface area contributed by atoms with Crippen molar-refractivity contribution in [2.24, 2.45) is 0 Å². The summed E-state index contributed by atoms with van der Waals surface area (Å²) >= 11 is 1.59. The Hall–Kier alpha value is -4.24. The van der Waals surface area contributed by atoms with Gasteiger partial charge in [-0.25, -0.2) is 15.1 Å². The second kappa shape index (κ2) is 20.6. The number of urea groups is 1. The molecule has 0 saturated carbocycles. The minimum Gasteiger partial charge on any atom is -0.465 e. The fraction of sp³-hybridized carbons (Fsp3) is 0.514. The quantitative estimate of drug-likeness (QED) is 0.0638. The molecule has 2 aromatic carbocycles. The summed E-state index contributed by atoms with van der Waals surface area (Å²) in [6.07, 6.45) is -0.602. The lowest BCUT2D eigenvalue weighted by Gasteiger charge is -2.36. The molecule has 280 valence electrons. The molecule has 2 atom stereocenters. The number of carboxylic acid groups (broad SMARTS) is 1. The van der Waals surface area contributed by atoms with E-state index in [0.29, 0.717) is 26.1 Å². The van der Waals surface area contributed by atoms with E-state index in [4.69, 9.17) is 14.3 Å². The van der Waals surface area contributed by atoms with Gasteiger partial charge in [0.15, 0.2) is 12.9 Å². The smallest absolute Gasteiger partial charge is 0.407 e. The van der Waals surface area contributed by atoms with Gasteiger partial charge in [-0.05, 0) is 88.8 Å². The largest absolute Gasteiger partial charge is 0.465 e. The van der Waals surface area contributed by atoms with Gasteiger partial charge < -0.3 is 35.0 Å². The Labute approximate surface area is 304 Å². The van der Waals surface area contributed by atoms with E-state index in [-0.39, 0.29) is 32.0 Å². The van der Waals surface area contributed by atoms with E-state index < -0.39 is 48.6 Å². The van der Waals surface area contributed by atoms with E-state index >= 15 is 0 Å². The van der Waals surface area contributed by atoms with Gasteiger partial charge in [-0.2, -0.15) is 0 Å². The lowest BCUT2D eigenvalue weighted by atomic mass is 10.0. The van der Waals surface area contributed by atoms with Crippen LogP contribution in [0.2, 0.25) is 0 Å². The summed E-state index contributed by atoms with van der Waals surface area (Å²) in [5.74, 6) is -0.965. The van der Waals surface area contributed by atoms with Gasteiger partial charge in [0.1, 0.15) is 6.04 Å². The Kier molecular flexibility index (Phi) is 16.6. The topological polar surface area (TPSA) is 159 Å². The molecule has 0 aliphatic carbocycles. The van der Waals surface area contributed by atoms with Crippen LogP contribution >= 0.6 is 11.3 Å². The zero-order chi connectivity index (χ0) is 37.4. The average molecular weight is 728 g/mol.